The Morgan fingerprint density at radius 3 is 2.72 bits per heavy atom. The number of pyridine rings is 1. The molecule has 1 aromatic heterocycles. The molecule has 0 spiro atoms. The largest absolute Gasteiger partial charge is 0.460 e. The fourth-order valence-electron chi connectivity index (χ4n) is 2.69. The predicted octanol–water partition coefficient (Wildman–Crippen LogP) is 4.06. The Labute approximate surface area is 174 Å². The summed E-state index contributed by atoms with van der Waals surface area (Å²) in [5, 5.41) is 0.364. The third-order valence-electron chi connectivity index (χ3n) is 3.97. The Bertz CT molecular complexity index is 751. The summed E-state index contributed by atoms with van der Waals surface area (Å²) in [6.45, 7) is 6.20. The molecule has 0 N–H and O–H groups in total. The van der Waals surface area contributed by atoms with Gasteiger partial charge >= 0.3 is 12.1 Å². The summed E-state index contributed by atoms with van der Waals surface area (Å²) in [7, 11) is 0. The third-order valence-corrected chi connectivity index (χ3v) is 4.18. The highest BCUT2D eigenvalue weighted by atomic mass is 35.5. The van der Waals surface area contributed by atoms with Gasteiger partial charge in [-0.2, -0.15) is 4.39 Å². The van der Waals surface area contributed by atoms with Gasteiger partial charge in [0, 0.05) is 30.4 Å². The molecular weight excluding hydrogens is 403 g/mol. The zero-order valence-electron chi connectivity index (χ0n) is 16.8. The van der Waals surface area contributed by atoms with E-state index in [2.05, 4.69) is 4.98 Å². The highest BCUT2D eigenvalue weighted by molar-refractivity contribution is 6.30. The van der Waals surface area contributed by atoms with Gasteiger partial charge in [0.1, 0.15) is 12.2 Å². The first kappa shape index (κ1) is 23.1. The number of rotatable bonds is 7. The maximum atomic E-state index is 13.9. The van der Waals surface area contributed by atoms with Gasteiger partial charge in [-0.3, -0.25) is 9.69 Å². The van der Waals surface area contributed by atoms with Crippen molar-refractivity contribution in [1.82, 2.24) is 9.88 Å². The number of amides is 1. The zero-order valence-corrected chi connectivity index (χ0v) is 17.6. The van der Waals surface area contributed by atoms with Gasteiger partial charge < -0.3 is 14.2 Å². The van der Waals surface area contributed by atoms with Crippen molar-refractivity contribution in [3.8, 4) is 0 Å². The second-order valence-electron chi connectivity index (χ2n) is 7.53. The normalized spacial score (nSPS) is 16.6. The van der Waals surface area contributed by atoms with Gasteiger partial charge in [-0.05, 0) is 33.3 Å². The lowest BCUT2D eigenvalue weighted by molar-refractivity contribution is -0.156. The monoisotopic (exact) mass is 428 g/mol. The van der Waals surface area contributed by atoms with Crippen LogP contribution in [0.4, 0.5) is 9.18 Å². The Kier molecular flexibility index (Phi) is 8.40. The number of aromatic nitrogens is 1. The predicted molar refractivity (Wildman–Crippen MR) is 105 cm³/mol. The number of hydrogen-bond donors (Lipinski definition) is 0. The van der Waals surface area contributed by atoms with Gasteiger partial charge in [0.25, 0.3) is 0 Å². The van der Waals surface area contributed by atoms with Crippen molar-refractivity contribution in [2.45, 2.75) is 45.1 Å². The molecule has 0 aliphatic carbocycles. The van der Waals surface area contributed by atoms with Crippen LogP contribution in [-0.2, 0) is 19.0 Å². The van der Waals surface area contributed by atoms with Crippen LogP contribution in [0.1, 0.15) is 45.1 Å². The quantitative estimate of drug-likeness (QED) is 0.370. The first-order valence-corrected chi connectivity index (χ1v) is 9.76. The molecule has 0 saturated heterocycles. The minimum absolute atomic E-state index is 0.0633. The average Bonchev–Trinajstić information content (AvgIpc) is 2.65. The van der Waals surface area contributed by atoms with Gasteiger partial charge in [0.15, 0.2) is 0 Å². The molecule has 1 aliphatic rings. The summed E-state index contributed by atoms with van der Waals surface area (Å²) in [4.78, 5) is 28.6. The van der Waals surface area contributed by atoms with Crippen LogP contribution in [-0.4, -0.2) is 53.9 Å². The second kappa shape index (κ2) is 10.5. The van der Waals surface area contributed by atoms with Crippen molar-refractivity contribution >= 4 is 23.7 Å². The summed E-state index contributed by atoms with van der Waals surface area (Å²) in [6, 6.07) is 1.54. The first-order valence-electron chi connectivity index (χ1n) is 9.38. The van der Waals surface area contributed by atoms with Crippen molar-refractivity contribution in [2.24, 2.45) is 0 Å². The number of ether oxygens (including phenoxy) is 3. The van der Waals surface area contributed by atoms with Crippen LogP contribution in [0.2, 0.25) is 5.02 Å². The van der Waals surface area contributed by atoms with Gasteiger partial charge in [0.2, 0.25) is 5.95 Å². The molecule has 2 heterocycles. The highest BCUT2D eigenvalue weighted by Gasteiger charge is 2.23. The highest BCUT2D eigenvalue weighted by Crippen LogP contribution is 2.28. The number of carbonyl (C=O) groups is 2. The minimum atomic E-state index is -0.566. The fourth-order valence-corrected chi connectivity index (χ4v) is 2.85. The van der Waals surface area contributed by atoms with E-state index >= 15 is 0 Å². The fraction of sp³-hybridized carbons (Fsp3) is 0.550. The molecule has 1 amide bonds. The van der Waals surface area contributed by atoms with Crippen molar-refractivity contribution in [2.75, 3.05) is 26.4 Å². The lowest BCUT2D eigenvalue weighted by Crippen LogP contribution is -2.32. The van der Waals surface area contributed by atoms with Gasteiger partial charge in [-0.1, -0.05) is 17.7 Å². The van der Waals surface area contributed by atoms with E-state index in [4.69, 9.17) is 25.8 Å². The van der Waals surface area contributed by atoms with Crippen LogP contribution in [0.3, 0.4) is 0 Å². The van der Waals surface area contributed by atoms with E-state index in [1.807, 2.05) is 0 Å². The van der Waals surface area contributed by atoms with Crippen LogP contribution in [0.15, 0.2) is 24.5 Å². The summed E-state index contributed by atoms with van der Waals surface area (Å²) in [5.74, 6) is -1.11. The van der Waals surface area contributed by atoms with E-state index in [0.29, 0.717) is 23.6 Å². The zero-order chi connectivity index (χ0) is 21.4. The van der Waals surface area contributed by atoms with E-state index < -0.39 is 17.6 Å². The van der Waals surface area contributed by atoms with E-state index in [0.717, 1.165) is 0 Å². The number of esters is 1. The molecule has 0 aromatic carbocycles. The SMILES string of the molecule is CC(C)(C)OC(=O)CCOCCOC(=O)N1C=CC(c2cc(Cl)cnc2F)CC1. The molecule has 0 fully saturated rings. The molecule has 0 bridgehead atoms. The molecule has 160 valence electrons. The lowest BCUT2D eigenvalue weighted by Gasteiger charge is -2.26. The molecule has 1 atom stereocenters. The van der Waals surface area contributed by atoms with E-state index in [1.54, 1.807) is 39.1 Å². The molecule has 0 saturated carbocycles. The molecule has 1 aliphatic heterocycles. The van der Waals surface area contributed by atoms with E-state index in [-0.39, 0.29) is 38.1 Å². The first-order chi connectivity index (χ1) is 13.7. The van der Waals surface area contributed by atoms with Crippen LogP contribution in [0, 0.1) is 5.95 Å². The van der Waals surface area contributed by atoms with Crippen molar-refractivity contribution in [3.63, 3.8) is 0 Å². The molecule has 1 unspecified atom stereocenters. The Balaban J connectivity index is 1.67. The summed E-state index contributed by atoms with van der Waals surface area (Å²) in [5.41, 5.74) is -0.122. The van der Waals surface area contributed by atoms with Crippen LogP contribution < -0.4 is 0 Å². The Morgan fingerprint density at radius 1 is 1.31 bits per heavy atom. The summed E-state index contributed by atoms with van der Waals surface area (Å²) in [6.07, 6.45) is 4.69. The van der Waals surface area contributed by atoms with Crippen molar-refractivity contribution in [1.29, 1.82) is 0 Å². The van der Waals surface area contributed by atoms with Crippen LogP contribution >= 0.6 is 11.6 Å². The second-order valence-corrected chi connectivity index (χ2v) is 7.96. The summed E-state index contributed by atoms with van der Waals surface area (Å²) < 4.78 is 29.4. The molecule has 1 aromatic rings. The van der Waals surface area contributed by atoms with Gasteiger partial charge in [0.05, 0.1) is 24.7 Å². The van der Waals surface area contributed by atoms with Crippen molar-refractivity contribution < 1.29 is 28.2 Å². The Hall–Kier alpha value is -2.19. The number of hydrogen-bond acceptors (Lipinski definition) is 6. The maximum absolute atomic E-state index is 13.9. The Morgan fingerprint density at radius 2 is 2.07 bits per heavy atom. The maximum Gasteiger partial charge on any atom is 0.413 e. The average molecular weight is 429 g/mol. The number of nitrogens with zero attached hydrogens (tertiary/aromatic N) is 2. The third kappa shape index (κ3) is 7.98. The molecule has 7 nitrogen and oxygen atoms in total. The smallest absolute Gasteiger partial charge is 0.413 e. The molecular formula is C20H26ClFN2O5. The standard InChI is InChI=1S/C20H26ClFN2O5/c1-20(2,3)29-17(25)6-9-27-10-11-28-19(26)24-7-4-14(5-8-24)16-12-15(21)13-23-18(16)22/h4,7,12-14H,5-6,8-11H2,1-3H3. The number of halogens is 2. The van der Waals surface area contributed by atoms with Crippen LogP contribution in [0.5, 0.6) is 0 Å². The van der Waals surface area contributed by atoms with Gasteiger partial charge in [-0.15, -0.1) is 0 Å². The topological polar surface area (TPSA) is 78.0 Å². The number of allylic oxidation sites excluding steroid dienone is 1. The molecule has 29 heavy (non-hydrogen) atoms. The summed E-state index contributed by atoms with van der Waals surface area (Å²) >= 11 is 5.88. The molecule has 9 heteroatoms. The molecule has 0 radical (unpaired) electrons. The van der Waals surface area contributed by atoms with E-state index in [9.17, 15) is 14.0 Å². The molecule has 2 rings (SSSR count). The van der Waals surface area contributed by atoms with E-state index in [1.165, 1.54) is 11.1 Å². The van der Waals surface area contributed by atoms with Crippen LogP contribution in [0.25, 0.3) is 0 Å². The minimum Gasteiger partial charge on any atom is -0.460 e. The van der Waals surface area contributed by atoms with Crippen molar-refractivity contribution in [3.05, 3.63) is 41.1 Å². The lowest BCUT2D eigenvalue weighted by atomic mass is 9.95. The number of carbonyl (C=O) groups excluding carboxylic acids is 2. The van der Waals surface area contributed by atoms with Gasteiger partial charge in [-0.25, -0.2) is 9.78 Å².